The van der Waals surface area contributed by atoms with Crippen molar-refractivity contribution in [2.24, 2.45) is 0 Å². The van der Waals surface area contributed by atoms with Gasteiger partial charge in [-0.1, -0.05) is 12.1 Å². The van der Waals surface area contributed by atoms with E-state index in [-0.39, 0.29) is 18.1 Å². The van der Waals surface area contributed by atoms with Crippen LogP contribution in [0, 0.1) is 6.92 Å². The van der Waals surface area contributed by atoms with Crippen molar-refractivity contribution in [3.05, 3.63) is 59.4 Å². The van der Waals surface area contributed by atoms with Crippen molar-refractivity contribution in [3.63, 3.8) is 0 Å². The smallest absolute Gasteiger partial charge is 0.254 e. The molecule has 7 nitrogen and oxygen atoms in total. The lowest BCUT2D eigenvalue weighted by molar-refractivity contribution is -0.0586. The van der Waals surface area contributed by atoms with Crippen LogP contribution in [0.15, 0.2) is 42.5 Å². The summed E-state index contributed by atoms with van der Waals surface area (Å²) in [5, 5.41) is 4.31. The molecule has 7 heteroatoms. The lowest BCUT2D eigenvalue weighted by Gasteiger charge is -2.35. The first kappa shape index (κ1) is 21.1. The van der Waals surface area contributed by atoms with Crippen molar-refractivity contribution in [1.29, 1.82) is 0 Å². The molecule has 31 heavy (non-hydrogen) atoms. The zero-order valence-corrected chi connectivity index (χ0v) is 18.4. The van der Waals surface area contributed by atoms with Crippen LogP contribution < -0.4 is 10.1 Å². The van der Waals surface area contributed by atoms with E-state index in [0.717, 1.165) is 28.0 Å². The van der Waals surface area contributed by atoms with Crippen LogP contribution in [0.2, 0.25) is 0 Å². The number of morpholine rings is 1. The van der Waals surface area contributed by atoms with E-state index in [2.05, 4.69) is 15.3 Å². The molecule has 1 N–H and O–H groups in total. The molecule has 1 aromatic heterocycles. The van der Waals surface area contributed by atoms with Crippen molar-refractivity contribution in [2.75, 3.05) is 25.5 Å². The lowest BCUT2D eigenvalue weighted by atomic mass is 10.1. The van der Waals surface area contributed by atoms with Gasteiger partial charge in [0.1, 0.15) is 17.4 Å². The Balaban J connectivity index is 1.47. The van der Waals surface area contributed by atoms with Crippen LogP contribution >= 0.6 is 0 Å². The molecule has 1 aliphatic rings. The lowest BCUT2D eigenvalue weighted by Crippen LogP contribution is -2.48. The summed E-state index contributed by atoms with van der Waals surface area (Å²) >= 11 is 0. The highest BCUT2D eigenvalue weighted by atomic mass is 16.5. The minimum atomic E-state index is 0.0472. The van der Waals surface area contributed by atoms with Gasteiger partial charge in [0.25, 0.3) is 5.91 Å². The molecule has 0 aliphatic carbocycles. The molecule has 2 atom stereocenters. The summed E-state index contributed by atoms with van der Waals surface area (Å²) in [7, 11) is 1.64. The number of carbonyl (C=O) groups excluding carboxylic acids is 1. The summed E-state index contributed by atoms with van der Waals surface area (Å²) < 4.78 is 11.1. The average molecular weight is 421 g/mol. The minimum Gasteiger partial charge on any atom is -0.497 e. The Morgan fingerprint density at radius 2 is 1.84 bits per heavy atom. The summed E-state index contributed by atoms with van der Waals surface area (Å²) in [5.41, 5.74) is 2.62. The second-order valence-corrected chi connectivity index (χ2v) is 8.02. The topological polar surface area (TPSA) is 76.6 Å². The van der Waals surface area contributed by atoms with Crippen molar-refractivity contribution in [2.45, 2.75) is 39.5 Å². The van der Waals surface area contributed by atoms with Gasteiger partial charge in [-0.2, -0.15) is 0 Å². The molecule has 4 rings (SSSR count). The molecule has 0 radical (unpaired) electrons. The third kappa shape index (κ3) is 4.77. The highest BCUT2D eigenvalue weighted by molar-refractivity contribution is 5.94. The van der Waals surface area contributed by atoms with E-state index in [1.807, 2.05) is 68.1 Å². The fourth-order valence-corrected chi connectivity index (χ4v) is 3.96. The van der Waals surface area contributed by atoms with Gasteiger partial charge in [0.05, 0.1) is 24.8 Å². The number of hydrogen-bond donors (Lipinski definition) is 1. The number of aromatic nitrogens is 2. The summed E-state index contributed by atoms with van der Waals surface area (Å²) in [5.74, 6) is 2.27. The number of nitrogens with zero attached hydrogens (tertiary/aromatic N) is 3. The number of ether oxygens (including phenoxy) is 2. The van der Waals surface area contributed by atoms with Crippen LogP contribution in [-0.4, -0.2) is 53.2 Å². The molecular weight excluding hydrogens is 392 g/mol. The summed E-state index contributed by atoms with van der Waals surface area (Å²) in [6.45, 7) is 7.70. The Bertz CT molecular complexity index is 1070. The first-order valence-corrected chi connectivity index (χ1v) is 10.5. The van der Waals surface area contributed by atoms with Gasteiger partial charge in [-0.05, 0) is 56.7 Å². The maximum absolute atomic E-state index is 12.9. The number of rotatable bonds is 5. The maximum atomic E-state index is 12.9. The summed E-state index contributed by atoms with van der Waals surface area (Å²) in [4.78, 5) is 23.8. The van der Waals surface area contributed by atoms with Crippen molar-refractivity contribution in [1.82, 2.24) is 14.9 Å². The van der Waals surface area contributed by atoms with Gasteiger partial charge < -0.3 is 19.7 Å². The SMILES string of the molecule is COc1ccc2nc(C)nc(NCc3ccc(C(=O)N4CC(C)OC(C)C4)cc3)c2c1. The predicted molar refractivity (Wildman–Crippen MR) is 121 cm³/mol. The molecule has 1 fully saturated rings. The van der Waals surface area contributed by atoms with Crippen LogP contribution in [0.5, 0.6) is 5.75 Å². The van der Waals surface area contributed by atoms with E-state index in [0.29, 0.717) is 31.0 Å². The molecule has 0 bridgehead atoms. The third-order valence-corrected chi connectivity index (χ3v) is 5.38. The van der Waals surface area contributed by atoms with Crippen molar-refractivity contribution < 1.29 is 14.3 Å². The van der Waals surface area contributed by atoms with E-state index in [1.165, 1.54) is 0 Å². The third-order valence-electron chi connectivity index (χ3n) is 5.38. The molecule has 162 valence electrons. The molecule has 0 spiro atoms. The van der Waals surface area contributed by atoms with Gasteiger partial charge in [0, 0.05) is 30.6 Å². The Labute approximate surface area is 182 Å². The largest absolute Gasteiger partial charge is 0.497 e. The number of anilines is 1. The Morgan fingerprint density at radius 3 is 2.52 bits per heavy atom. The quantitative estimate of drug-likeness (QED) is 0.676. The number of fused-ring (bicyclic) bond motifs is 1. The monoisotopic (exact) mass is 420 g/mol. The maximum Gasteiger partial charge on any atom is 0.254 e. The first-order chi connectivity index (χ1) is 14.9. The Hall–Kier alpha value is -3.19. The normalized spacial score (nSPS) is 18.8. The Morgan fingerprint density at radius 1 is 1.13 bits per heavy atom. The van der Waals surface area contributed by atoms with E-state index in [1.54, 1.807) is 7.11 Å². The van der Waals surface area contributed by atoms with Crippen LogP contribution in [0.1, 0.15) is 35.6 Å². The second kappa shape index (κ2) is 8.89. The van der Waals surface area contributed by atoms with Crippen LogP contribution in [0.4, 0.5) is 5.82 Å². The van der Waals surface area contributed by atoms with Crippen LogP contribution in [0.25, 0.3) is 10.9 Å². The molecule has 2 heterocycles. The fraction of sp³-hybridized carbons (Fsp3) is 0.375. The summed E-state index contributed by atoms with van der Waals surface area (Å²) in [6.07, 6.45) is 0.113. The van der Waals surface area contributed by atoms with Crippen LogP contribution in [0.3, 0.4) is 0 Å². The van der Waals surface area contributed by atoms with Gasteiger partial charge in [0.15, 0.2) is 0 Å². The van der Waals surface area contributed by atoms with Gasteiger partial charge in [-0.15, -0.1) is 0 Å². The zero-order valence-electron chi connectivity index (χ0n) is 18.4. The minimum absolute atomic E-state index is 0.0472. The highest BCUT2D eigenvalue weighted by Crippen LogP contribution is 2.25. The average Bonchev–Trinajstić information content (AvgIpc) is 2.76. The van der Waals surface area contributed by atoms with Gasteiger partial charge in [-0.25, -0.2) is 9.97 Å². The van der Waals surface area contributed by atoms with Gasteiger partial charge >= 0.3 is 0 Å². The number of methoxy groups -OCH3 is 1. The first-order valence-electron chi connectivity index (χ1n) is 10.5. The predicted octanol–water partition coefficient (Wildman–Crippen LogP) is 3.81. The number of benzene rings is 2. The highest BCUT2D eigenvalue weighted by Gasteiger charge is 2.26. The van der Waals surface area contributed by atoms with Gasteiger partial charge in [0.2, 0.25) is 0 Å². The molecule has 2 unspecified atom stereocenters. The summed E-state index contributed by atoms with van der Waals surface area (Å²) in [6, 6.07) is 13.5. The molecular formula is C24H28N4O3. The second-order valence-electron chi connectivity index (χ2n) is 8.02. The number of amides is 1. The molecule has 1 aliphatic heterocycles. The van der Waals surface area contributed by atoms with Crippen molar-refractivity contribution in [3.8, 4) is 5.75 Å². The number of carbonyl (C=O) groups is 1. The Kier molecular flexibility index (Phi) is 6.04. The van der Waals surface area contributed by atoms with E-state index >= 15 is 0 Å². The number of hydrogen-bond acceptors (Lipinski definition) is 6. The molecule has 3 aromatic rings. The molecule has 0 saturated carbocycles. The molecule has 1 saturated heterocycles. The van der Waals surface area contributed by atoms with Gasteiger partial charge in [-0.3, -0.25) is 4.79 Å². The molecule has 1 amide bonds. The van der Waals surface area contributed by atoms with E-state index in [4.69, 9.17) is 9.47 Å². The molecule has 2 aromatic carbocycles. The van der Waals surface area contributed by atoms with E-state index < -0.39 is 0 Å². The number of nitrogens with one attached hydrogen (secondary N) is 1. The van der Waals surface area contributed by atoms with Crippen LogP contribution in [-0.2, 0) is 11.3 Å². The van der Waals surface area contributed by atoms with Crippen molar-refractivity contribution >= 4 is 22.6 Å². The van der Waals surface area contributed by atoms with E-state index in [9.17, 15) is 4.79 Å². The zero-order chi connectivity index (χ0) is 22.0. The fourth-order valence-electron chi connectivity index (χ4n) is 3.96. The number of aryl methyl sites for hydroxylation is 1. The standard InChI is InChI=1S/C24H28N4O3/c1-15-13-28(14-16(2)31-15)24(29)19-7-5-18(6-8-19)12-25-23-21-11-20(30-4)9-10-22(21)26-17(3)27-23/h5-11,15-16H,12-14H2,1-4H3,(H,25,26,27).